The lowest BCUT2D eigenvalue weighted by Crippen LogP contribution is -2.33. The molecule has 0 bridgehead atoms. The molecular formula is C27H46. The van der Waals surface area contributed by atoms with Crippen molar-refractivity contribution < 1.29 is 0 Å². The minimum absolute atomic E-state index is 0.154. The molecule has 0 saturated carbocycles. The van der Waals surface area contributed by atoms with E-state index in [4.69, 9.17) is 0 Å². The monoisotopic (exact) mass is 370 g/mol. The van der Waals surface area contributed by atoms with Gasteiger partial charge in [0.25, 0.3) is 0 Å². The zero-order chi connectivity index (χ0) is 21.1. The molecule has 0 N–H and O–H groups in total. The van der Waals surface area contributed by atoms with Crippen molar-refractivity contribution in [3.63, 3.8) is 0 Å². The van der Waals surface area contributed by atoms with Gasteiger partial charge in [0.05, 0.1) is 0 Å². The fourth-order valence-corrected chi connectivity index (χ4v) is 3.03. The number of hydrogen-bond donors (Lipinski definition) is 0. The molecule has 154 valence electrons. The lowest BCUT2D eigenvalue weighted by atomic mass is 9.62. The highest BCUT2D eigenvalue weighted by molar-refractivity contribution is 5.51. The van der Waals surface area contributed by atoms with Crippen LogP contribution in [0, 0.1) is 22.2 Å². The van der Waals surface area contributed by atoms with E-state index in [0.717, 1.165) is 12.3 Å². The summed E-state index contributed by atoms with van der Waals surface area (Å²) in [6.07, 6.45) is 8.43. The van der Waals surface area contributed by atoms with Crippen LogP contribution in [-0.2, 0) is 5.41 Å². The molecule has 1 aromatic rings. The van der Waals surface area contributed by atoms with E-state index < -0.39 is 0 Å². The Morgan fingerprint density at radius 1 is 0.815 bits per heavy atom. The zero-order valence-electron chi connectivity index (χ0n) is 20.2. The Morgan fingerprint density at radius 3 is 1.78 bits per heavy atom. The summed E-state index contributed by atoms with van der Waals surface area (Å²) < 4.78 is 0. The van der Waals surface area contributed by atoms with E-state index in [2.05, 4.69) is 113 Å². The minimum atomic E-state index is 0.154. The molecule has 0 aromatic heterocycles. The Bertz CT molecular complexity index is 606. The van der Waals surface area contributed by atoms with Crippen molar-refractivity contribution in [3.05, 3.63) is 41.5 Å². The molecule has 0 heterocycles. The van der Waals surface area contributed by atoms with Crippen LogP contribution >= 0.6 is 0 Å². The Kier molecular flexibility index (Phi) is 7.59. The average molecular weight is 371 g/mol. The summed E-state index contributed by atoms with van der Waals surface area (Å²) in [6, 6.07) is 9.14. The van der Waals surface area contributed by atoms with Gasteiger partial charge in [-0.25, -0.2) is 0 Å². The normalized spacial score (nSPS) is 14.4. The van der Waals surface area contributed by atoms with Gasteiger partial charge in [0, 0.05) is 0 Å². The molecule has 0 atom stereocenters. The van der Waals surface area contributed by atoms with Crippen molar-refractivity contribution in [2.75, 3.05) is 0 Å². The van der Waals surface area contributed by atoms with Crippen molar-refractivity contribution in [2.24, 2.45) is 22.2 Å². The third-order valence-corrected chi connectivity index (χ3v) is 7.97. The van der Waals surface area contributed by atoms with Crippen LogP contribution in [0.2, 0.25) is 0 Å². The molecule has 0 amide bonds. The zero-order valence-corrected chi connectivity index (χ0v) is 20.2. The van der Waals surface area contributed by atoms with E-state index >= 15 is 0 Å². The minimum Gasteiger partial charge on any atom is -0.0777 e. The molecule has 0 aliphatic rings. The van der Waals surface area contributed by atoms with E-state index in [0.29, 0.717) is 5.41 Å². The van der Waals surface area contributed by atoms with Crippen LogP contribution in [0.4, 0.5) is 0 Å². The molecule has 0 spiro atoms. The summed E-state index contributed by atoms with van der Waals surface area (Å²) >= 11 is 0. The molecule has 0 aliphatic heterocycles. The second-order valence-corrected chi connectivity index (χ2v) is 11.4. The van der Waals surface area contributed by atoms with Crippen LogP contribution in [-0.4, -0.2) is 0 Å². The third-order valence-electron chi connectivity index (χ3n) is 7.97. The van der Waals surface area contributed by atoms with Gasteiger partial charge in [-0.3, -0.25) is 0 Å². The lowest BCUT2D eigenvalue weighted by molar-refractivity contribution is 0.109. The third kappa shape index (κ3) is 6.23. The van der Waals surface area contributed by atoms with E-state index in [9.17, 15) is 0 Å². The largest absolute Gasteiger partial charge is 0.0777 e. The molecular weight excluding hydrogens is 324 g/mol. The quantitative estimate of drug-likeness (QED) is 0.407. The van der Waals surface area contributed by atoms with Gasteiger partial charge in [0.2, 0.25) is 0 Å². The van der Waals surface area contributed by atoms with E-state index in [1.807, 2.05) is 0 Å². The second kappa shape index (κ2) is 8.54. The van der Waals surface area contributed by atoms with Crippen LogP contribution < -0.4 is 0 Å². The van der Waals surface area contributed by atoms with Crippen molar-refractivity contribution in [2.45, 2.75) is 101 Å². The first kappa shape index (κ1) is 24.0. The maximum Gasteiger partial charge on any atom is -0.0106 e. The van der Waals surface area contributed by atoms with Gasteiger partial charge in [-0.15, -0.1) is 0 Å². The number of rotatable bonds is 9. The topological polar surface area (TPSA) is 0 Å². The fourth-order valence-electron chi connectivity index (χ4n) is 3.03. The Morgan fingerprint density at radius 2 is 1.33 bits per heavy atom. The molecule has 27 heavy (non-hydrogen) atoms. The first-order chi connectivity index (χ1) is 12.1. The van der Waals surface area contributed by atoms with Crippen LogP contribution in [0.25, 0.3) is 6.08 Å². The van der Waals surface area contributed by atoms with Gasteiger partial charge in [-0.2, -0.15) is 0 Å². The van der Waals surface area contributed by atoms with Crippen molar-refractivity contribution in [1.82, 2.24) is 0 Å². The highest BCUT2D eigenvalue weighted by Gasteiger charge is 2.36. The number of allylic oxidation sites excluding steroid dienone is 1. The van der Waals surface area contributed by atoms with E-state index in [1.54, 1.807) is 0 Å². The Labute approximate surface area is 170 Å². The van der Waals surface area contributed by atoms with E-state index in [1.165, 1.54) is 24.0 Å². The lowest BCUT2D eigenvalue weighted by Gasteiger charge is -2.42. The molecule has 0 fully saturated rings. The number of benzene rings is 1. The molecule has 0 saturated heterocycles. The molecule has 1 rings (SSSR count). The number of hydrogen-bond acceptors (Lipinski definition) is 0. The first-order valence-corrected chi connectivity index (χ1v) is 10.9. The van der Waals surface area contributed by atoms with Gasteiger partial charge in [-0.05, 0) is 58.0 Å². The summed E-state index contributed by atoms with van der Waals surface area (Å²) in [5, 5.41) is 0. The highest BCUT2D eigenvalue weighted by Crippen LogP contribution is 2.46. The average Bonchev–Trinajstić information content (AvgIpc) is 2.58. The van der Waals surface area contributed by atoms with Gasteiger partial charge in [0.1, 0.15) is 0 Å². The van der Waals surface area contributed by atoms with Gasteiger partial charge < -0.3 is 0 Å². The predicted molar refractivity (Wildman–Crippen MR) is 124 cm³/mol. The molecule has 0 aliphatic carbocycles. The van der Waals surface area contributed by atoms with Gasteiger partial charge >= 0.3 is 0 Å². The van der Waals surface area contributed by atoms with Crippen molar-refractivity contribution in [3.8, 4) is 0 Å². The highest BCUT2D eigenvalue weighted by atomic mass is 14.4. The van der Waals surface area contributed by atoms with E-state index in [-0.39, 0.29) is 16.2 Å². The Hall–Kier alpha value is -1.04. The molecule has 0 unspecified atom stereocenters. The molecule has 0 heteroatoms. The molecule has 0 radical (unpaired) electrons. The van der Waals surface area contributed by atoms with Crippen molar-refractivity contribution in [1.29, 1.82) is 0 Å². The summed E-state index contributed by atoms with van der Waals surface area (Å²) in [5.74, 6) is 0.720. The first-order valence-electron chi connectivity index (χ1n) is 10.9. The standard InChI is InChI=1S/C27H46/c1-12-24(4,5)23-15-13-22(14-16-23)17-18-26(8,9)27(10,11)20-19-25(6,7)21(2)3/h13-18,21H,12,19-20H2,1-11H3. The maximum absolute atomic E-state index is 2.43. The maximum atomic E-state index is 2.43. The van der Waals surface area contributed by atoms with Crippen LogP contribution in [0.15, 0.2) is 30.3 Å². The van der Waals surface area contributed by atoms with Crippen LogP contribution in [0.1, 0.15) is 107 Å². The molecule has 1 aromatic carbocycles. The summed E-state index contributed by atoms with van der Waals surface area (Å²) in [5.41, 5.74) is 3.81. The second-order valence-electron chi connectivity index (χ2n) is 11.4. The summed E-state index contributed by atoms with van der Waals surface area (Å²) in [6.45, 7) is 26.1. The molecule has 0 nitrogen and oxygen atoms in total. The van der Waals surface area contributed by atoms with Gasteiger partial charge in [0.15, 0.2) is 0 Å². The summed E-state index contributed by atoms with van der Waals surface area (Å²) in [7, 11) is 0. The smallest absolute Gasteiger partial charge is 0.0106 e. The fraction of sp³-hybridized carbons (Fsp3) is 0.704. The Balaban J connectivity index is 2.88. The van der Waals surface area contributed by atoms with Crippen LogP contribution in [0.5, 0.6) is 0 Å². The SMILES string of the molecule is CCC(C)(C)c1ccc(C=CC(C)(C)C(C)(C)CCC(C)(C)C(C)C)cc1. The van der Waals surface area contributed by atoms with Crippen LogP contribution in [0.3, 0.4) is 0 Å². The predicted octanol–water partition coefficient (Wildman–Crippen LogP) is 8.90. The van der Waals surface area contributed by atoms with Gasteiger partial charge in [-0.1, -0.05) is 113 Å². The van der Waals surface area contributed by atoms with Crippen molar-refractivity contribution >= 4 is 6.08 Å². The summed E-state index contributed by atoms with van der Waals surface area (Å²) in [4.78, 5) is 0.